The molecule has 6 heteroatoms. The fourth-order valence-electron chi connectivity index (χ4n) is 2.98. The summed E-state index contributed by atoms with van der Waals surface area (Å²) in [7, 11) is 1.37. The van der Waals surface area contributed by atoms with Crippen LogP contribution in [0.2, 0.25) is 0 Å². The molecule has 0 amide bonds. The van der Waals surface area contributed by atoms with Gasteiger partial charge in [-0.1, -0.05) is 19.4 Å². The number of aromatic nitrogens is 3. The van der Waals surface area contributed by atoms with E-state index in [0.29, 0.717) is 11.3 Å². The van der Waals surface area contributed by atoms with E-state index in [4.69, 9.17) is 4.74 Å². The molecule has 112 valence electrons. The smallest absolute Gasteiger partial charge is 0.356 e. The molecule has 2 aromatic heterocycles. The lowest BCUT2D eigenvalue weighted by molar-refractivity contribution is 0.0590. The molecule has 21 heavy (non-hydrogen) atoms. The first kappa shape index (κ1) is 14.0. The molecule has 1 atom stereocenters. The number of nitrogens with zero attached hydrogens (tertiary/aromatic N) is 4. The molecule has 1 fully saturated rings. The molecule has 0 radical (unpaired) electrons. The third-order valence-electron chi connectivity index (χ3n) is 4.09. The van der Waals surface area contributed by atoms with Crippen LogP contribution in [0.25, 0.3) is 5.65 Å². The Morgan fingerprint density at radius 3 is 3.05 bits per heavy atom. The molecule has 6 nitrogen and oxygen atoms in total. The van der Waals surface area contributed by atoms with Crippen LogP contribution in [-0.2, 0) is 4.74 Å². The normalized spacial score (nSPS) is 19.8. The third kappa shape index (κ3) is 2.51. The summed E-state index contributed by atoms with van der Waals surface area (Å²) in [6.07, 6.45) is 3.49. The van der Waals surface area contributed by atoms with E-state index in [-0.39, 0.29) is 6.04 Å². The highest BCUT2D eigenvalue weighted by Gasteiger charge is 2.26. The average molecular weight is 288 g/mol. The van der Waals surface area contributed by atoms with Gasteiger partial charge in [-0.15, -0.1) is 5.10 Å². The molecule has 0 saturated carbocycles. The van der Waals surface area contributed by atoms with Gasteiger partial charge in [0.05, 0.1) is 13.2 Å². The highest BCUT2D eigenvalue weighted by molar-refractivity contribution is 5.88. The van der Waals surface area contributed by atoms with Crippen molar-refractivity contribution in [2.45, 2.75) is 32.2 Å². The molecule has 0 aromatic carbocycles. The third-order valence-corrected chi connectivity index (χ3v) is 4.09. The lowest BCUT2D eigenvalue weighted by atomic mass is 10.0. The first-order valence-electron chi connectivity index (χ1n) is 7.42. The number of fused-ring (bicyclic) bond motifs is 1. The Kier molecular flexibility index (Phi) is 3.88. The molecular formula is C15H20N4O2. The fourth-order valence-corrected chi connectivity index (χ4v) is 2.98. The van der Waals surface area contributed by atoms with Gasteiger partial charge in [-0.05, 0) is 38.1 Å². The van der Waals surface area contributed by atoms with Crippen LogP contribution in [-0.4, -0.2) is 45.7 Å². The second kappa shape index (κ2) is 5.81. The van der Waals surface area contributed by atoms with Crippen molar-refractivity contribution in [3.63, 3.8) is 0 Å². The number of hydrogen-bond acceptors (Lipinski definition) is 5. The predicted molar refractivity (Wildman–Crippen MR) is 78.2 cm³/mol. The maximum atomic E-state index is 11.8. The van der Waals surface area contributed by atoms with Crippen molar-refractivity contribution >= 4 is 11.6 Å². The Bertz CT molecular complexity index is 652. The summed E-state index contributed by atoms with van der Waals surface area (Å²) < 4.78 is 6.39. The van der Waals surface area contributed by atoms with Gasteiger partial charge in [-0.3, -0.25) is 4.90 Å². The first-order valence-corrected chi connectivity index (χ1v) is 7.42. The van der Waals surface area contributed by atoms with E-state index in [2.05, 4.69) is 21.9 Å². The monoisotopic (exact) mass is 288 g/mol. The minimum absolute atomic E-state index is 0.245. The van der Waals surface area contributed by atoms with Gasteiger partial charge in [-0.25, -0.2) is 14.3 Å². The number of carbonyl (C=O) groups is 1. The molecular weight excluding hydrogens is 268 g/mol. The molecule has 0 bridgehead atoms. The van der Waals surface area contributed by atoms with Crippen molar-refractivity contribution in [3.05, 3.63) is 29.7 Å². The van der Waals surface area contributed by atoms with E-state index in [0.717, 1.165) is 25.3 Å². The Balaban J connectivity index is 2.02. The summed E-state index contributed by atoms with van der Waals surface area (Å²) in [5.74, 6) is 0.404. The molecule has 1 aliphatic heterocycles. The SMILES string of the molecule is CCN1CCCCC1c1nc2cccc(C(=O)OC)n2n1. The van der Waals surface area contributed by atoms with E-state index in [9.17, 15) is 4.79 Å². The first-order chi connectivity index (χ1) is 10.2. The van der Waals surface area contributed by atoms with E-state index >= 15 is 0 Å². The van der Waals surface area contributed by atoms with Crippen LogP contribution in [0, 0.1) is 0 Å². The van der Waals surface area contributed by atoms with Crippen molar-refractivity contribution in [2.75, 3.05) is 20.2 Å². The summed E-state index contributed by atoms with van der Waals surface area (Å²) >= 11 is 0. The second-order valence-electron chi connectivity index (χ2n) is 5.28. The number of ether oxygens (including phenoxy) is 1. The van der Waals surface area contributed by atoms with Gasteiger partial charge in [-0.2, -0.15) is 0 Å². The topological polar surface area (TPSA) is 59.7 Å². The molecule has 0 spiro atoms. The molecule has 1 unspecified atom stereocenters. The van der Waals surface area contributed by atoms with Gasteiger partial charge in [0, 0.05) is 0 Å². The van der Waals surface area contributed by atoms with Crippen LogP contribution in [0.15, 0.2) is 18.2 Å². The Labute approximate surface area is 123 Å². The Hall–Kier alpha value is -1.95. The minimum atomic E-state index is -0.395. The average Bonchev–Trinajstić information content (AvgIpc) is 2.97. The van der Waals surface area contributed by atoms with Crippen molar-refractivity contribution in [1.82, 2.24) is 19.5 Å². The predicted octanol–water partition coefficient (Wildman–Crippen LogP) is 2.06. The maximum absolute atomic E-state index is 11.8. The zero-order chi connectivity index (χ0) is 14.8. The van der Waals surface area contributed by atoms with Gasteiger partial charge in [0.15, 0.2) is 17.2 Å². The zero-order valence-corrected chi connectivity index (χ0v) is 12.5. The molecule has 3 heterocycles. The summed E-state index contributed by atoms with van der Waals surface area (Å²) in [4.78, 5) is 18.8. The van der Waals surface area contributed by atoms with Gasteiger partial charge in [0.25, 0.3) is 0 Å². The van der Waals surface area contributed by atoms with Crippen LogP contribution in [0.5, 0.6) is 0 Å². The number of pyridine rings is 1. The number of likely N-dealkylation sites (tertiary alicyclic amines) is 1. The van der Waals surface area contributed by atoms with Gasteiger partial charge in [0.1, 0.15) is 0 Å². The minimum Gasteiger partial charge on any atom is -0.464 e. The highest BCUT2D eigenvalue weighted by atomic mass is 16.5. The van der Waals surface area contributed by atoms with E-state index in [1.54, 1.807) is 16.6 Å². The van der Waals surface area contributed by atoms with Crippen molar-refractivity contribution < 1.29 is 9.53 Å². The molecule has 0 aliphatic carbocycles. The number of esters is 1. The van der Waals surface area contributed by atoms with Gasteiger partial charge < -0.3 is 4.74 Å². The number of hydrogen-bond donors (Lipinski definition) is 0. The van der Waals surface area contributed by atoms with Crippen molar-refractivity contribution in [1.29, 1.82) is 0 Å². The van der Waals surface area contributed by atoms with Gasteiger partial charge in [0.2, 0.25) is 0 Å². The highest BCUT2D eigenvalue weighted by Crippen LogP contribution is 2.28. The van der Waals surface area contributed by atoms with Crippen LogP contribution in [0.3, 0.4) is 0 Å². The summed E-state index contributed by atoms with van der Waals surface area (Å²) in [5.41, 5.74) is 1.10. The molecule has 1 saturated heterocycles. The van der Waals surface area contributed by atoms with Gasteiger partial charge >= 0.3 is 5.97 Å². The molecule has 2 aromatic rings. The van der Waals surface area contributed by atoms with E-state index in [1.807, 2.05) is 6.07 Å². The fraction of sp³-hybridized carbons (Fsp3) is 0.533. The van der Waals surface area contributed by atoms with E-state index < -0.39 is 5.97 Å². The number of rotatable bonds is 3. The van der Waals surface area contributed by atoms with Crippen LogP contribution < -0.4 is 0 Å². The number of methoxy groups -OCH3 is 1. The summed E-state index contributed by atoms with van der Waals surface area (Å²) in [6.45, 7) is 4.23. The summed E-state index contributed by atoms with van der Waals surface area (Å²) in [6, 6.07) is 5.62. The Morgan fingerprint density at radius 2 is 2.29 bits per heavy atom. The van der Waals surface area contributed by atoms with Crippen LogP contribution in [0.4, 0.5) is 0 Å². The largest absolute Gasteiger partial charge is 0.464 e. The lowest BCUT2D eigenvalue weighted by Gasteiger charge is -2.32. The second-order valence-corrected chi connectivity index (χ2v) is 5.28. The van der Waals surface area contributed by atoms with E-state index in [1.165, 1.54) is 20.0 Å². The number of carbonyl (C=O) groups excluding carboxylic acids is 1. The summed E-state index contributed by atoms with van der Waals surface area (Å²) in [5, 5.41) is 4.57. The molecule has 0 N–H and O–H groups in total. The van der Waals surface area contributed by atoms with Crippen LogP contribution in [0.1, 0.15) is 48.5 Å². The maximum Gasteiger partial charge on any atom is 0.356 e. The van der Waals surface area contributed by atoms with Crippen molar-refractivity contribution in [3.8, 4) is 0 Å². The number of piperidine rings is 1. The Morgan fingerprint density at radius 1 is 1.43 bits per heavy atom. The van der Waals surface area contributed by atoms with Crippen LogP contribution >= 0.6 is 0 Å². The quantitative estimate of drug-likeness (QED) is 0.809. The van der Waals surface area contributed by atoms with Crippen molar-refractivity contribution in [2.24, 2.45) is 0 Å². The lowest BCUT2D eigenvalue weighted by Crippen LogP contribution is -2.33. The molecule has 3 rings (SSSR count). The standard InChI is InChI=1S/C15H20N4O2/c1-3-18-10-5-4-7-11(18)14-16-13-9-6-8-12(15(20)21-2)19(13)17-14/h6,8-9,11H,3-5,7,10H2,1-2H3. The zero-order valence-electron chi connectivity index (χ0n) is 12.5. The molecule has 1 aliphatic rings.